The van der Waals surface area contributed by atoms with Crippen molar-refractivity contribution < 1.29 is 14.5 Å². The zero-order valence-electron chi connectivity index (χ0n) is 10.4. The number of carbonyl (C=O) groups is 1. The number of amides is 1. The summed E-state index contributed by atoms with van der Waals surface area (Å²) in [6.07, 6.45) is -0.00872. The number of nitro benzene ring substituents is 1. The molecule has 1 amide bonds. The first-order chi connectivity index (χ1) is 8.54. The summed E-state index contributed by atoms with van der Waals surface area (Å²) in [5.41, 5.74) is 0.372. The highest BCUT2D eigenvalue weighted by atomic mass is 16.6. The fraction of sp³-hybridized carbons (Fsp3) is 0.417. The van der Waals surface area contributed by atoms with Crippen LogP contribution < -0.4 is 5.32 Å². The van der Waals surface area contributed by atoms with E-state index in [2.05, 4.69) is 5.32 Å². The van der Waals surface area contributed by atoms with Gasteiger partial charge in [-0.1, -0.05) is 18.2 Å². The highest BCUT2D eigenvalue weighted by Crippen LogP contribution is 2.17. The van der Waals surface area contributed by atoms with Crippen LogP contribution in [0.3, 0.4) is 0 Å². The molecule has 0 aliphatic carbocycles. The Kier molecular flexibility index (Phi) is 5.26. The van der Waals surface area contributed by atoms with Gasteiger partial charge in [-0.3, -0.25) is 14.9 Å². The van der Waals surface area contributed by atoms with Crippen LogP contribution in [0.15, 0.2) is 24.3 Å². The molecule has 0 unspecified atom stereocenters. The highest BCUT2D eigenvalue weighted by molar-refractivity contribution is 5.80. The second-order valence-electron chi connectivity index (χ2n) is 3.99. The third kappa shape index (κ3) is 4.14. The number of hydrogen-bond acceptors (Lipinski definition) is 4. The Morgan fingerprint density at radius 1 is 1.50 bits per heavy atom. The molecule has 98 valence electrons. The van der Waals surface area contributed by atoms with E-state index in [-0.39, 0.29) is 24.1 Å². The fourth-order valence-corrected chi connectivity index (χ4v) is 1.63. The number of nitrogens with one attached hydrogen (secondary N) is 1. The van der Waals surface area contributed by atoms with Crippen molar-refractivity contribution in [1.82, 2.24) is 5.32 Å². The van der Waals surface area contributed by atoms with Crippen LogP contribution >= 0.6 is 0 Å². The van der Waals surface area contributed by atoms with Gasteiger partial charge >= 0.3 is 0 Å². The molecular formula is C12H16N2O4. The Morgan fingerprint density at radius 2 is 2.17 bits per heavy atom. The molecule has 6 heteroatoms. The third-order valence-electron chi connectivity index (χ3n) is 2.36. The van der Waals surface area contributed by atoms with Crippen molar-refractivity contribution >= 4 is 11.6 Å². The van der Waals surface area contributed by atoms with E-state index in [1.165, 1.54) is 6.07 Å². The number of ether oxygens (including phenoxy) is 1. The SMILES string of the molecule is COC[C@@H](C)NC(=O)Cc1ccccc1[N+](=O)[O-]. The van der Waals surface area contributed by atoms with Crippen LogP contribution in [0.2, 0.25) is 0 Å². The molecule has 0 spiro atoms. The maximum atomic E-state index is 11.7. The van der Waals surface area contributed by atoms with E-state index in [1.807, 2.05) is 0 Å². The van der Waals surface area contributed by atoms with Gasteiger partial charge in [0.2, 0.25) is 5.91 Å². The lowest BCUT2D eigenvalue weighted by Gasteiger charge is -2.12. The summed E-state index contributed by atoms with van der Waals surface area (Å²) in [5, 5.41) is 13.5. The zero-order valence-corrected chi connectivity index (χ0v) is 10.4. The summed E-state index contributed by atoms with van der Waals surface area (Å²) in [6, 6.07) is 6.10. The van der Waals surface area contributed by atoms with E-state index in [9.17, 15) is 14.9 Å². The molecule has 1 aromatic rings. The van der Waals surface area contributed by atoms with E-state index < -0.39 is 4.92 Å². The lowest BCUT2D eigenvalue weighted by atomic mass is 10.1. The van der Waals surface area contributed by atoms with Gasteiger partial charge in [0.05, 0.1) is 18.0 Å². The van der Waals surface area contributed by atoms with Crippen LogP contribution in [0.5, 0.6) is 0 Å². The Bertz CT molecular complexity index is 434. The van der Waals surface area contributed by atoms with Crippen LogP contribution in [0.1, 0.15) is 12.5 Å². The molecule has 0 saturated carbocycles. The van der Waals surface area contributed by atoms with Crippen LogP contribution in [-0.4, -0.2) is 30.6 Å². The van der Waals surface area contributed by atoms with Crippen molar-refractivity contribution in [1.29, 1.82) is 0 Å². The number of para-hydroxylation sites is 1. The van der Waals surface area contributed by atoms with E-state index >= 15 is 0 Å². The Labute approximate surface area is 105 Å². The van der Waals surface area contributed by atoms with Crippen molar-refractivity contribution in [2.75, 3.05) is 13.7 Å². The molecule has 0 aliphatic heterocycles. The van der Waals surface area contributed by atoms with Crippen LogP contribution in [0, 0.1) is 10.1 Å². The number of carbonyl (C=O) groups excluding carboxylic acids is 1. The average Bonchev–Trinajstić information content (AvgIpc) is 2.29. The molecule has 6 nitrogen and oxygen atoms in total. The predicted molar refractivity (Wildman–Crippen MR) is 66.3 cm³/mol. The standard InChI is InChI=1S/C12H16N2O4/c1-9(8-18-2)13-12(15)7-10-5-3-4-6-11(10)14(16)17/h3-6,9H,7-8H2,1-2H3,(H,13,15)/t9-/m1/s1. The van der Waals surface area contributed by atoms with Crippen molar-refractivity contribution in [2.45, 2.75) is 19.4 Å². The Balaban J connectivity index is 2.67. The van der Waals surface area contributed by atoms with Crippen LogP contribution in [-0.2, 0) is 16.0 Å². The van der Waals surface area contributed by atoms with Crippen molar-refractivity contribution in [3.63, 3.8) is 0 Å². The van der Waals surface area contributed by atoms with E-state index in [0.717, 1.165) is 0 Å². The first-order valence-corrected chi connectivity index (χ1v) is 5.55. The van der Waals surface area contributed by atoms with Gasteiger partial charge in [0, 0.05) is 24.8 Å². The molecule has 0 bridgehead atoms. The molecule has 1 atom stereocenters. The van der Waals surface area contributed by atoms with Crippen molar-refractivity contribution in [3.05, 3.63) is 39.9 Å². The number of nitrogens with zero attached hydrogens (tertiary/aromatic N) is 1. The quantitative estimate of drug-likeness (QED) is 0.611. The molecule has 1 N–H and O–H groups in total. The Hall–Kier alpha value is -1.95. The molecular weight excluding hydrogens is 236 g/mol. The van der Waals surface area contributed by atoms with Crippen molar-refractivity contribution in [2.24, 2.45) is 0 Å². The minimum atomic E-state index is -0.485. The van der Waals surface area contributed by atoms with E-state index in [4.69, 9.17) is 4.74 Å². The number of methoxy groups -OCH3 is 1. The third-order valence-corrected chi connectivity index (χ3v) is 2.36. The maximum absolute atomic E-state index is 11.7. The van der Waals surface area contributed by atoms with Gasteiger partial charge in [-0.25, -0.2) is 0 Å². The van der Waals surface area contributed by atoms with Gasteiger partial charge in [-0.15, -0.1) is 0 Å². The lowest BCUT2D eigenvalue weighted by molar-refractivity contribution is -0.385. The second-order valence-corrected chi connectivity index (χ2v) is 3.99. The smallest absolute Gasteiger partial charge is 0.273 e. The Morgan fingerprint density at radius 3 is 2.78 bits per heavy atom. The summed E-state index contributed by atoms with van der Waals surface area (Å²) in [7, 11) is 1.55. The molecule has 0 fully saturated rings. The largest absolute Gasteiger partial charge is 0.383 e. The molecule has 0 heterocycles. The van der Waals surface area contributed by atoms with Gasteiger partial charge in [0.15, 0.2) is 0 Å². The summed E-state index contributed by atoms with van der Waals surface area (Å²) >= 11 is 0. The van der Waals surface area contributed by atoms with Gasteiger partial charge < -0.3 is 10.1 Å². The summed E-state index contributed by atoms with van der Waals surface area (Å²) in [4.78, 5) is 22.0. The number of nitro groups is 1. The first kappa shape index (κ1) is 14.1. The normalized spacial score (nSPS) is 11.9. The minimum Gasteiger partial charge on any atom is -0.383 e. The molecule has 1 rings (SSSR count). The average molecular weight is 252 g/mol. The number of rotatable bonds is 6. The molecule has 18 heavy (non-hydrogen) atoms. The van der Waals surface area contributed by atoms with Gasteiger partial charge in [0.1, 0.15) is 0 Å². The van der Waals surface area contributed by atoms with Gasteiger partial charge in [-0.2, -0.15) is 0 Å². The summed E-state index contributed by atoms with van der Waals surface area (Å²) in [5.74, 6) is -0.256. The fourth-order valence-electron chi connectivity index (χ4n) is 1.63. The topological polar surface area (TPSA) is 81.5 Å². The minimum absolute atomic E-state index is 0.00872. The first-order valence-electron chi connectivity index (χ1n) is 5.55. The van der Waals surface area contributed by atoms with Crippen molar-refractivity contribution in [3.8, 4) is 0 Å². The second kappa shape index (κ2) is 6.70. The summed E-state index contributed by atoms with van der Waals surface area (Å²) < 4.78 is 4.89. The molecule has 0 aromatic heterocycles. The molecule has 1 aromatic carbocycles. The lowest BCUT2D eigenvalue weighted by Crippen LogP contribution is -2.36. The maximum Gasteiger partial charge on any atom is 0.273 e. The summed E-state index contributed by atoms with van der Waals surface area (Å²) in [6.45, 7) is 2.21. The van der Waals surface area contributed by atoms with E-state index in [0.29, 0.717) is 12.2 Å². The number of hydrogen-bond donors (Lipinski definition) is 1. The molecule has 0 saturated heterocycles. The van der Waals surface area contributed by atoms with E-state index in [1.54, 1.807) is 32.2 Å². The van der Waals surface area contributed by atoms with Crippen LogP contribution in [0.25, 0.3) is 0 Å². The number of benzene rings is 1. The van der Waals surface area contributed by atoms with Crippen LogP contribution in [0.4, 0.5) is 5.69 Å². The van der Waals surface area contributed by atoms with Gasteiger partial charge in [0.25, 0.3) is 5.69 Å². The predicted octanol–water partition coefficient (Wildman–Crippen LogP) is 1.29. The molecule has 0 aliphatic rings. The molecule has 0 radical (unpaired) electrons. The highest BCUT2D eigenvalue weighted by Gasteiger charge is 2.16. The monoisotopic (exact) mass is 252 g/mol. The zero-order chi connectivity index (χ0) is 13.5. The van der Waals surface area contributed by atoms with Gasteiger partial charge in [-0.05, 0) is 6.92 Å².